The van der Waals surface area contributed by atoms with Gasteiger partial charge in [-0.2, -0.15) is 5.26 Å². The molecule has 0 aromatic heterocycles. The molecule has 1 amide bonds. The van der Waals surface area contributed by atoms with E-state index in [4.69, 9.17) is 4.74 Å². The standard InChI is InChI=1S/C15H24N2O2/c1-17(11-13-5-3-2-4-6-13)14(18)15(12-16)7-9-19-10-8-15/h13H,2-11H2,1H3. The van der Waals surface area contributed by atoms with Gasteiger partial charge in [0.15, 0.2) is 0 Å². The fourth-order valence-electron chi connectivity index (χ4n) is 3.30. The van der Waals surface area contributed by atoms with Gasteiger partial charge >= 0.3 is 0 Å². The average Bonchev–Trinajstić information content (AvgIpc) is 2.48. The Morgan fingerprint density at radius 1 is 1.32 bits per heavy atom. The van der Waals surface area contributed by atoms with Crippen molar-refractivity contribution in [1.29, 1.82) is 5.26 Å². The highest BCUT2D eigenvalue weighted by Crippen LogP contribution is 2.32. The van der Waals surface area contributed by atoms with Crippen LogP contribution in [-0.2, 0) is 9.53 Å². The zero-order chi connectivity index (χ0) is 13.7. The normalized spacial score (nSPS) is 23.6. The van der Waals surface area contributed by atoms with Crippen molar-refractivity contribution in [3.63, 3.8) is 0 Å². The van der Waals surface area contributed by atoms with Crippen molar-refractivity contribution >= 4 is 5.91 Å². The van der Waals surface area contributed by atoms with E-state index < -0.39 is 5.41 Å². The lowest BCUT2D eigenvalue weighted by molar-refractivity contribution is -0.142. The molecule has 0 aromatic carbocycles. The molecule has 1 aliphatic carbocycles. The summed E-state index contributed by atoms with van der Waals surface area (Å²) in [7, 11) is 1.85. The van der Waals surface area contributed by atoms with Crippen molar-refractivity contribution < 1.29 is 9.53 Å². The molecular formula is C15H24N2O2. The minimum atomic E-state index is -0.832. The molecule has 1 saturated heterocycles. The number of nitriles is 1. The zero-order valence-electron chi connectivity index (χ0n) is 11.9. The first-order valence-corrected chi connectivity index (χ1v) is 7.42. The van der Waals surface area contributed by atoms with Crippen molar-refractivity contribution in [2.24, 2.45) is 11.3 Å². The third-order valence-corrected chi connectivity index (χ3v) is 4.57. The lowest BCUT2D eigenvalue weighted by Crippen LogP contribution is -2.46. The molecule has 0 spiro atoms. The van der Waals surface area contributed by atoms with Gasteiger partial charge < -0.3 is 9.64 Å². The molecular weight excluding hydrogens is 240 g/mol. The highest BCUT2D eigenvalue weighted by Gasteiger charge is 2.42. The van der Waals surface area contributed by atoms with Crippen LogP contribution in [0.15, 0.2) is 0 Å². The largest absolute Gasteiger partial charge is 0.381 e. The number of carbonyl (C=O) groups excluding carboxylic acids is 1. The molecule has 0 atom stereocenters. The Hall–Kier alpha value is -1.08. The molecule has 4 nitrogen and oxygen atoms in total. The number of ether oxygens (including phenoxy) is 1. The molecule has 1 aliphatic heterocycles. The molecule has 1 saturated carbocycles. The fourth-order valence-corrected chi connectivity index (χ4v) is 3.30. The highest BCUT2D eigenvalue weighted by molar-refractivity contribution is 5.85. The molecule has 0 bridgehead atoms. The molecule has 0 radical (unpaired) electrons. The maximum atomic E-state index is 12.6. The van der Waals surface area contributed by atoms with Gasteiger partial charge in [-0.25, -0.2) is 0 Å². The Labute approximate surface area is 115 Å². The molecule has 0 N–H and O–H groups in total. The first-order chi connectivity index (χ1) is 9.18. The predicted octanol–water partition coefficient (Wildman–Crippen LogP) is 2.35. The Balaban J connectivity index is 1.95. The van der Waals surface area contributed by atoms with Crippen molar-refractivity contribution in [2.75, 3.05) is 26.8 Å². The van der Waals surface area contributed by atoms with E-state index in [9.17, 15) is 10.1 Å². The van der Waals surface area contributed by atoms with Crippen LogP contribution < -0.4 is 0 Å². The second kappa shape index (κ2) is 6.38. The van der Waals surface area contributed by atoms with E-state index in [0.29, 0.717) is 32.0 Å². The summed E-state index contributed by atoms with van der Waals surface area (Å²) in [5.41, 5.74) is -0.832. The van der Waals surface area contributed by atoms with E-state index in [1.165, 1.54) is 32.1 Å². The van der Waals surface area contributed by atoms with Crippen LogP contribution in [0.4, 0.5) is 0 Å². The highest BCUT2D eigenvalue weighted by atomic mass is 16.5. The monoisotopic (exact) mass is 264 g/mol. The van der Waals surface area contributed by atoms with Crippen LogP contribution in [0.3, 0.4) is 0 Å². The van der Waals surface area contributed by atoms with Crippen LogP contribution >= 0.6 is 0 Å². The lowest BCUT2D eigenvalue weighted by Gasteiger charge is -2.35. The number of amides is 1. The van der Waals surface area contributed by atoms with E-state index in [0.717, 1.165) is 6.54 Å². The molecule has 2 rings (SSSR count). The summed E-state index contributed by atoms with van der Waals surface area (Å²) in [4.78, 5) is 14.4. The zero-order valence-corrected chi connectivity index (χ0v) is 11.9. The summed E-state index contributed by atoms with van der Waals surface area (Å²) in [6, 6.07) is 2.26. The molecule has 2 aliphatic rings. The Morgan fingerprint density at radius 3 is 2.53 bits per heavy atom. The first-order valence-electron chi connectivity index (χ1n) is 7.42. The molecule has 106 valence electrons. The van der Waals surface area contributed by atoms with E-state index >= 15 is 0 Å². The van der Waals surface area contributed by atoms with Gasteiger partial charge in [0, 0.05) is 26.8 Å². The maximum Gasteiger partial charge on any atom is 0.242 e. The van der Waals surface area contributed by atoms with Gasteiger partial charge in [-0.15, -0.1) is 0 Å². The van der Waals surface area contributed by atoms with Gasteiger partial charge in [0.2, 0.25) is 5.91 Å². The predicted molar refractivity (Wildman–Crippen MR) is 72.3 cm³/mol. The van der Waals surface area contributed by atoms with E-state index in [2.05, 4.69) is 6.07 Å². The smallest absolute Gasteiger partial charge is 0.242 e. The maximum absolute atomic E-state index is 12.6. The van der Waals surface area contributed by atoms with Crippen molar-refractivity contribution in [2.45, 2.75) is 44.9 Å². The number of rotatable bonds is 3. The minimum Gasteiger partial charge on any atom is -0.381 e. The Kier molecular flexibility index (Phi) is 4.81. The molecule has 4 heteroatoms. The van der Waals surface area contributed by atoms with Crippen molar-refractivity contribution in [3.8, 4) is 6.07 Å². The topological polar surface area (TPSA) is 53.3 Å². The summed E-state index contributed by atoms with van der Waals surface area (Å²) in [5, 5.41) is 9.41. The van der Waals surface area contributed by atoms with Gasteiger partial charge in [-0.3, -0.25) is 4.79 Å². The van der Waals surface area contributed by atoms with Gasteiger partial charge in [-0.05, 0) is 31.6 Å². The molecule has 0 unspecified atom stereocenters. The van der Waals surface area contributed by atoms with Crippen LogP contribution in [0.5, 0.6) is 0 Å². The van der Waals surface area contributed by atoms with Gasteiger partial charge in [0.1, 0.15) is 5.41 Å². The summed E-state index contributed by atoms with van der Waals surface area (Å²) < 4.78 is 5.28. The molecule has 0 aromatic rings. The number of hydrogen-bond donors (Lipinski definition) is 0. The van der Waals surface area contributed by atoms with Crippen LogP contribution in [0, 0.1) is 22.7 Å². The average molecular weight is 264 g/mol. The third-order valence-electron chi connectivity index (χ3n) is 4.57. The molecule has 1 heterocycles. The number of hydrogen-bond acceptors (Lipinski definition) is 3. The molecule has 2 fully saturated rings. The molecule has 19 heavy (non-hydrogen) atoms. The summed E-state index contributed by atoms with van der Waals surface area (Å²) >= 11 is 0. The number of nitrogens with zero attached hydrogens (tertiary/aromatic N) is 2. The van der Waals surface area contributed by atoms with Gasteiger partial charge in [0.25, 0.3) is 0 Å². The fraction of sp³-hybridized carbons (Fsp3) is 0.867. The number of carbonyl (C=O) groups is 1. The summed E-state index contributed by atoms with van der Waals surface area (Å²) in [6.45, 7) is 1.86. The van der Waals surface area contributed by atoms with E-state index in [-0.39, 0.29) is 5.91 Å². The van der Waals surface area contributed by atoms with Crippen LogP contribution in [0.25, 0.3) is 0 Å². The lowest BCUT2D eigenvalue weighted by atomic mass is 9.80. The third kappa shape index (κ3) is 3.27. The minimum absolute atomic E-state index is 0.00359. The Morgan fingerprint density at radius 2 is 1.95 bits per heavy atom. The van der Waals surface area contributed by atoms with Crippen molar-refractivity contribution in [1.82, 2.24) is 4.90 Å². The summed E-state index contributed by atoms with van der Waals surface area (Å²) in [6.07, 6.45) is 7.41. The SMILES string of the molecule is CN(CC1CCCCC1)C(=O)C1(C#N)CCOCC1. The van der Waals surface area contributed by atoms with E-state index in [1.807, 2.05) is 7.05 Å². The van der Waals surface area contributed by atoms with Crippen LogP contribution in [0.1, 0.15) is 44.9 Å². The van der Waals surface area contributed by atoms with Gasteiger partial charge in [0.05, 0.1) is 6.07 Å². The van der Waals surface area contributed by atoms with Crippen LogP contribution in [-0.4, -0.2) is 37.6 Å². The van der Waals surface area contributed by atoms with Crippen molar-refractivity contribution in [3.05, 3.63) is 0 Å². The first kappa shape index (κ1) is 14.3. The second-order valence-electron chi connectivity index (χ2n) is 6.00. The van der Waals surface area contributed by atoms with E-state index in [1.54, 1.807) is 4.90 Å². The van der Waals surface area contributed by atoms with Gasteiger partial charge in [-0.1, -0.05) is 19.3 Å². The summed E-state index contributed by atoms with van der Waals surface area (Å²) in [5.74, 6) is 0.627. The van der Waals surface area contributed by atoms with Crippen LogP contribution in [0.2, 0.25) is 0 Å². The Bertz CT molecular complexity index is 350. The quantitative estimate of drug-likeness (QED) is 0.786. The second-order valence-corrected chi connectivity index (χ2v) is 6.00.